The molecule has 0 nitrogen and oxygen atoms in total. The van der Waals surface area contributed by atoms with Gasteiger partial charge in [0, 0.05) is 0 Å². The van der Waals surface area contributed by atoms with E-state index in [1.807, 2.05) is 0 Å². The normalized spacial score (nSPS) is 19.7. The van der Waals surface area contributed by atoms with E-state index in [1.54, 1.807) is 33.6 Å². The monoisotopic (exact) mass is 297 g/mol. The molecule has 0 aromatic rings. The van der Waals surface area contributed by atoms with Gasteiger partial charge in [0.15, 0.2) is 0 Å². The molecule has 1 rings (SSSR count). The molecular formula is C10H17Cl2Zr. The maximum atomic E-state index is 2.33. The van der Waals surface area contributed by atoms with Crippen molar-refractivity contribution < 1.29 is 24.7 Å². The van der Waals surface area contributed by atoms with Crippen molar-refractivity contribution >= 4 is 24.8 Å². The van der Waals surface area contributed by atoms with Crippen LogP contribution in [0.2, 0.25) is 0 Å². The number of hydrogen-bond donors (Lipinski definition) is 0. The SMILES string of the molecule is CC1=C(C)C(C)(C)[C]([Zr])=C1C.Cl.Cl. The molecule has 13 heavy (non-hydrogen) atoms. The van der Waals surface area contributed by atoms with Crippen LogP contribution in [0.15, 0.2) is 20.0 Å². The Balaban J connectivity index is 0. The fourth-order valence-corrected chi connectivity index (χ4v) is 2.52. The van der Waals surface area contributed by atoms with Crippen LogP contribution in [-0.2, 0) is 24.7 Å². The van der Waals surface area contributed by atoms with Crippen molar-refractivity contribution in [1.82, 2.24) is 0 Å². The average Bonchev–Trinajstić information content (AvgIpc) is 2.06. The number of halogens is 2. The van der Waals surface area contributed by atoms with Gasteiger partial charge in [0.2, 0.25) is 0 Å². The van der Waals surface area contributed by atoms with Gasteiger partial charge in [-0.2, -0.15) is 0 Å². The van der Waals surface area contributed by atoms with E-state index in [2.05, 4.69) is 34.6 Å². The summed E-state index contributed by atoms with van der Waals surface area (Å²) in [6.07, 6.45) is 0. The quantitative estimate of drug-likeness (QED) is 0.633. The van der Waals surface area contributed by atoms with Crippen LogP contribution in [-0.4, -0.2) is 0 Å². The van der Waals surface area contributed by atoms with E-state index < -0.39 is 0 Å². The molecule has 0 spiro atoms. The largest absolute Gasteiger partial charge is 0.147 e. The van der Waals surface area contributed by atoms with E-state index in [4.69, 9.17) is 0 Å². The van der Waals surface area contributed by atoms with E-state index in [-0.39, 0.29) is 24.8 Å². The zero-order chi connectivity index (χ0) is 8.81. The van der Waals surface area contributed by atoms with Gasteiger partial charge in [0.1, 0.15) is 0 Å². The predicted octanol–water partition coefficient (Wildman–Crippen LogP) is 4.03. The van der Waals surface area contributed by atoms with Gasteiger partial charge in [0.25, 0.3) is 0 Å². The van der Waals surface area contributed by atoms with Crippen LogP contribution in [0.1, 0.15) is 34.6 Å². The maximum absolute atomic E-state index is 2.33. The molecule has 0 unspecified atom stereocenters. The molecule has 3 heteroatoms. The smallest absolute Gasteiger partial charge is 0.147 e. The molecule has 0 aromatic heterocycles. The summed E-state index contributed by atoms with van der Waals surface area (Å²) in [5, 5.41) is 0. The zero-order valence-corrected chi connectivity index (χ0v) is 12.9. The Morgan fingerprint density at radius 1 is 0.923 bits per heavy atom. The summed E-state index contributed by atoms with van der Waals surface area (Å²) in [5.74, 6) is 0. The van der Waals surface area contributed by atoms with Gasteiger partial charge >= 0.3 is 84.8 Å². The number of hydrogen-bond acceptors (Lipinski definition) is 0. The average molecular weight is 299 g/mol. The van der Waals surface area contributed by atoms with Crippen molar-refractivity contribution in [3.05, 3.63) is 20.0 Å². The van der Waals surface area contributed by atoms with Crippen molar-refractivity contribution in [3.63, 3.8) is 0 Å². The molecule has 75 valence electrons. The minimum Gasteiger partial charge on any atom is -0.147 e. The van der Waals surface area contributed by atoms with Crippen LogP contribution in [0.5, 0.6) is 0 Å². The van der Waals surface area contributed by atoms with Crippen LogP contribution in [0.3, 0.4) is 0 Å². The molecule has 0 fully saturated rings. The summed E-state index contributed by atoms with van der Waals surface area (Å²) < 4.78 is 1.62. The van der Waals surface area contributed by atoms with Crippen LogP contribution >= 0.6 is 24.8 Å². The van der Waals surface area contributed by atoms with Gasteiger partial charge in [-0.05, 0) is 0 Å². The minimum absolute atomic E-state index is 0. The van der Waals surface area contributed by atoms with Crippen molar-refractivity contribution in [3.8, 4) is 0 Å². The summed E-state index contributed by atoms with van der Waals surface area (Å²) in [6, 6.07) is 0. The fraction of sp³-hybridized carbons (Fsp3) is 0.600. The Bertz CT molecular complexity index is 236. The third-order valence-electron chi connectivity index (χ3n) is 3.06. The van der Waals surface area contributed by atoms with E-state index in [9.17, 15) is 0 Å². The first kappa shape index (κ1) is 16.4. The molecule has 0 bridgehead atoms. The molecule has 0 aromatic carbocycles. The van der Waals surface area contributed by atoms with Crippen LogP contribution in [0.4, 0.5) is 0 Å². The topological polar surface area (TPSA) is 0 Å². The summed E-state index contributed by atoms with van der Waals surface area (Å²) in [4.78, 5) is 0. The Hall–Kier alpha value is 0.943. The van der Waals surface area contributed by atoms with Crippen molar-refractivity contribution in [2.24, 2.45) is 5.41 Å². The molecular weight excluding hydrogens is 282 g/mol. The first-order chi connectivity index (χ1) is 4.89. The van der Waals surface area contributed by atoms with E-state index >= 15 is 0 Å². The summed E-state index contributed by atoms with van der Waals surface area (Å²) in [7, 11) is 0. The maximum Gasteiger partial charge on any atom is -0.147 e. The Kier molecular flexibility index (Phi) is 6.48. The zero-order valence-electron chi connectivity index (χ0n) is 8.82. The van der Waals surface area contributed by atoms with Crippen LogP contribution in [0.25, 0.3) is 0 Å². The van der Waals surface area contributed by atoms with E-state index in [0.717, 1.165) is 0 Å². The molecule has 1 aliphatic carbocycles. The van der Waals surface area contributed by atoms with Crippen molar-refractivity contribution in [2.75, 3.05) is 0 Å². The minimum atomic E-state index is 0. The van der Waals surface area contributed by atoms with Gasteiger partial charge < -0.3 is 0 Å². The summed E-state index contributed by atoms with van der Waals surface area (Å²) >= 11 is 1.57. The van der Waals surface area contributed by atoms with Crippen molar-refractivity contribution in [1.29, 1.82) is 0 Å². The Morgan fingerprint density at radius 3 is 1.38 bits per heavy atom. The Morgan fingerprint density at radius 2 is 1.31 bits per heavy atom. The van der Waals surface area contributed by atoms with Gasteiger partial charge in [-0.3, -0.25) is 0 Å². The van der Waals surface area contributed by atoms with Crippen LogP contribution < -0.4 is 0 Å². The number of rotatable bonds is 0. The molecule has 0 aliphatic heterocycles. The van der Waals surface area contributed by atoms with E-state index in [0.29, 0.717) is 5.41 Å². The van der Waals surface area contributed by atoms with Gasteiger partial charge in [0.05, 0.1) is 0 Å². The fourth-order valence-electron chi connectivity index (χ4n) is 1.59. The molecule has 0 atom stereocenters. The molecule has 0 saturated heterocycles. The summed E-state index contributed by atoms with van der Waals surface area (Å²) in [5.41, 5.74) is 4.96. The predicted molar refractivity (Wildman–Crippen MR) is 59.4 cm³/mol. The standard InChI is InChI=1S/C10H15.2ClH.Zr/c1-7-6-10(4,5)9(3)8(7)2;;;/h1-5H3;2*1H;. The molecule has 0 N–H and O–H groups in total. The third kappa shape index (κ3) is 2.49. The summed E-state index contributed by atoms with van der Waals surface area (Å²) in [6.45, 7) is 11.4. The third-order valence-corrected chi connectivity index (χ3v) is 5.52. The first-order valence-electron chi connectivity index (χ1n) is 4.00. The molecule has 0 heterocycles. The van der Waals surface area contributed by atoms with Gasteiger partial charge in [-0.15, -0.1) is 24.8 Å². The van der Waals surface area contributed by atoms with Crippen LogP contribution in [0, 0.1) is 5.41 Å². The van der Waals surface area contributed by atoms with Crippen molar-refractivity contribution in [2.45, 2.75) is 34.6 Å². The molecule has 0 saturated carbocycles. The molecule has 0 radical (unpaired) electrons. The second-order valence-corrected chi connectivity index (χ2v) is 5.10. The first-order valence-corrected chi connectivity index (χ1v) is 5.23. The molecule has 1 aliphatic rings. The van der Waals surface area contributed by atoms with Gasteiger partial charge in [-0.1, -0.05) is 0 Å². The second kappa shape index (κ2) is 5.14. The molecule has 0 amide bonds. The second-order valence-electron chi connectivity index (χ2n) is 3.88. The Labute approximate surface area is 109 Å². The number of allylic oxidation sites excluding steroid dienone is 4. The van der Waals surface area contributed by atoms with E-state index in [1.165, 1.54) is 11.1 Å². The van der Waals surface area contributed by atoms with Gasteiger partial charge in [-0.25, -0.2) is 0 Å².